The second-order valence-corrected chi connectivity index (χ2v) is 3.79. The van der Waals surface area contributed by atoms with Crippen LogP contribution < -0.4 is 4.74 Å². The van der Waals surface area contributed by atoms with Crippen molar-refractivity contribution in [1.82, 2.24) is 0 Å². The summed E-state index contributed by atoms with van der Waals surface area (Å²) in [6.45, 7) is 3.74. The van der Waals surface area contributed by atoms with Gasteiger partial charge < -0.3 is 9.47 Å². The van der Waals surface area contributed by atoms with Gasteiger partial charge in [0.05, 0.1) is 13.7 Å². The van der Waals surface area contributed by atoms with Gasteiger partial charge in [0.1, 0.15) is 5.75 Å². The number of nitrogens with zero attached hydrogens (tertiary/aromatic N) is 1. The van der Waals surface area contributed by atoms with Crippen molar-refractivity contribution in [2.75, 3.05) is 20.3 Å². The van der Waals surface area contributed by atoms with Gasteiger partial charge in [0.2, 0.25) is 5.90 Å². The van der Waals surface area contributed by atoms with Crippen LogP contribution in [0.3, 0.4) is 0 Å². The summed E-state index contributed by atoms with van der Waals surface area (Å²) >= 11 is 0. The molecule has 1 aromatic carbocycles. The highest BCUT2D eigenvalue weighted by Gasteiger charge is 2.13. The van der Waals surface area contributed by atoms with Gasteiger partial charge in [-0.15, -0.1) is 0 Å². The van der Waals surface area contributed by atoms with Crippen molar-refractivity contribution in [3.05, 3.63) is 29.8 Å². The molecule has 15 heavy (non-hydrogen) atoms. The maximum atomic E-state index is 5.56. The fourth-order valence-corrected chi connectivity index (χ4v) is 1.47. The van der Waals surface area contributed by atoms with Crippen molar-refractivity contribution in [1.29, 1.82) is 0 Å². The van der Waals surface area contributed by atoms with Crippen LogP contribution in [0.15, 0.2) is 29.3 Å². The van der Waals surface area contributed by atoms with Crippen molar-refractivity contribution in [3.8, 4) is 5.75 Å². The second kappa shape index (κ2) is 4.34. The van der Waals surface area contributed by atoms with E-state index in [1.165, 1.54) is 0 Å². The molecule has 80 valence electrons. The van der Waals surface area contributed by atoms with E-state index in [1.807, 2.05) is 24.3 Å². The zero-order valence-electron chi connectivity index (χ0n) is 9.06. The minimum Gasteiger partial charge on any atom is -0.497 e. The first-order valence-electron chi connectivity index (χ1n) is 5.11. The van der Waals surface area contributed by atoms with Crippen LogP contribution in [-0.2, 0) is 4.74 Å². The summed E-state index contributed by atoms with van der Waals surface area (Å²) in [5, 5.41) is 0. The van der Waals surface area contributed by atoms with Crippen molar-refractivity contribution < 1.29 is 9.47 Å². The van der Waals surface area contributed by atoms with E-state index in [0.29, 0.717) is 5.92 Å². The predicted octanol–water partition coefficient (Wildman–Crippen LogP) is 2.11. The SMILES string of the molecule is COc1ccc(C2=NC[C@H](C)CO2)cc1. The van der Waals surface area contributed by atoms with E-state index in [1.54, 1.807) is 7.11 Å². The molecule has 1 atom stereocenters. The zero-order chi connectivity index (χ0) is 10.7. The Morgan fingerprint density at radius 3 is 2.60 bits per heavy atom. The van der Waals surface area contributed by atoms with E-state index in [2.05, 4.69) is 11.9 Å². The Balaban J connectivity index is 2.16. The fourth-order valence-electron chi connectivity index (χ4n) is 1.47. The van der Waals surface area contributed by atoms with E-state index in [-0.39, 0.29) is 0 Å². The monoisotopic (exact) mass is 205 g/mol. The smallest absolute Gasteiger partial charge is 0.216 e. The molecule has 0 spiro atoms. The normalized spacial score (nSPS) is 20.4. The number of rotatable bonds is 2. The van der Waals surface area contributed by atoms with Gasteiger partial charge in [-0.2, -0.15) is 0 Å². The molecule has 0 bridgehead atoms. The molecular formula is C12H15NO2. The lowest BCUT2D eigenvalue weighted by Crippen LogP contribution is -2.21. The average Bonchev–Trinajstić information content (AvgIpc) is 2.30. The van der Waals surface area contributed by atoms with Gasteiger partial charge in [0, 0.05) is 18.0 Å². The summed E-state index contributed by atoms with van der Waals surface area (Å²) < 4.78 is 10.7. The largest absolute Gasteiger partial charge is 0.497 e. The molecule has 3 nitrogen and oxygen atoms in total. The summed E-state index contributed by atoms with van der Waals surface area (Å²) in [4.78, 5) is 4.39. The Hall–Kier alpha value is -1.51. The second-order valence-electron chi connectivity index (χ2n) is 3.79. The van der Waals surface area contributed by atoms with Crippen LogP contribution in [0.4, 0.5) is 0 Å². The highest BCUT2D eigenvalue weighted by Crippen LogP contribution is 2.15. The van der Waals surface area contributed by atoms with Crippen molar-refractivity contribution in [3.63, 3.8) is 0 Å². The maximum absolute atomic E-state index is 5.56. The number of hydrogen-bond donors (Lipinski definition) is 0. The summed E-state index contributed by atoms with van der Waals surface area (Å²) in [6, 6.07) is 7.76. The summed E-state index contributed by atoms with van der Waals surface area (Å²) in [6.07, 6.45) is 0. The highest BCUT2D eigenvalue weighted by molar-refractivity contribution is 5.94. The molecule has 3 heteroatoms. The molecule has 2 rings (SSSR count). The molecule has 0 radical (unpaired) electrons. The molecular weight excluding hydrogens is 190 g/mol. The number of benzene rings is 1. The van der Waals surface area contributed by atoms with E-state index < -0.39 is 0 Å². The van der Waals surface area contributed by atoms with Crippen LogP contribution in [0.2, 0.25) is 0 Å². The van der Waals surface area contributed by atoms with E-state index in [4.69, 9.17) is 9.47 Å². The van der Waals surface area contributed by atoms with Crippen molar-refractivity contribution in [2.24, 2.45) is 10.9 Å². The Morgan fingerprint density at radius 1 is 1.33 bits per heavy atom. The quantitative estimate of drug-likeness (QED) is 0.740. The van der Waals surface area contributed by atoms with Crippen molar-refractivity contribution in [2.45, 2.75) is 6.92 Å². The minimum atomic E-state index is 0.520. The first kappa shape index (κ1) is 10.0. The molecule has 0 saturated heterocycles. The first-order chi connectivity index (χ1) is 7.29. The van der Waals surface area contributed by atoms with Crippen LogP contribution in [0, 0.1) is 5.92 Å². The fraction of sp³-hybridized carbons (Fsp3) is 0.417. The third-order valence-electron chi connectivity index (χ3n) is 2.39. The van der Waals surface area contributed by atoms with Gasteiger partial charge in [-0.25, -0.2) is 0 Å². The van der Waals surface area contributed by atoms with Gasteiger partial charge in [0.15, 0.2) is 0 Å². The average molecular weight is 205 g/mol. The summed E-state index contributed by atoms with van der Waals surface area (Å²) in [5.74, 6) is 2.12. The molecule has 0 amide bonds. The number of methoxy groups -OCH3 is 1. The lowest BCUT2D eigenvalue weighted by molar-refractivity contribution is 0.232. The van der Waals surface area contributed by atoms with Crippen LogP contribution in [0.1, 0.15) is 12.5 Å². The number of aliphatic imine (C=N–C) groups is 1. The summed E-state index contributed by atoms with van der Waals surface area (Å²) in [5.41, 5.74) is 1.02. The minimum absolute atomic E-state index is 0.520. The third kappa shape index (κ3) is 2.29. The van der Waals surface area contributed by atoms with Crippen LogP contribution >= 0.6 is 0 Å². The topological polar surface area (TPSA) is 30.8 Å². The first-order valence-corrected chi connectivity index (χ1v) is 5.11. The molecule has 0 aromatic heterocycles. The predicted molar refractivity (Wildman–Crippen MR) is 59.5 cm³/mol. The van der Waals surface area contributed by atoms with E-state index >= 15 is 0 Å². The van der Waals surface area contributed by atoms with Gasteiger partial charge >= 0.3 is 0 Å². The lowest BCUT2D eigenvalue weighted by Gasteiger charge is -2.18. The van der Waals surface area contributed by atoms with Crippen molar-refractivity contribution >= 4 is 5.90 Å². The molecule has 1 aromatic rings. The van der Waals surface area contributed by atoms with E-state index in [9.17, 15) is 0 Å². The van der Waals surface area contributed by atoms with E-state index in [0.717, 1.165) is 30.4 Å². The molecule has 1 aliphatic heterocycles. The number of ether oxygens (including phenoxy) is 2. The molecule has 0 N–H and O–H groups in total. The molecule has 1 heterocycles. The van der Waals surface area contributed by atoms with Gasteiger partial charge in [0.25, 0.3) is 0 Å². The molecule has 0 unspecified atom stereocenters. The Bertz CT molecular complexity index is 356. The molecule has 0 fully saturated rings. The van der Waals surface area contributed by atoms with Gasteiger partial charge in [-0.1, -0.05) is 6.92 Å². The Kier molecular flexibility index (Phi) is 2.90. The zero-order valence-corrected chi connectivity index (χ0v) is 9.06. The standard InChI is InChI=1S/C12H15NO2/c1-9-7-13-12(15-8-9)10-3-5-11(14-2)6-4-10/h3-6,9H,7-8H2,1-2H3/t9-/m0/s1. The molecule has 0 saturated carbocycles. The van der Waals surface area contributed by atoms with Crippen LogP contribution in [0.5, 0.6) is 5.75 Å². The molecule has 0 aliphatic carbocycles. The van der Waals surface area contributed by atoms with Crippen LogP contribution in [-0.4, -0.2) is 26.2 Å². The lowest BCUT2D eigenvalue weighted by atomic mass is 10.1. The van der Waals surface area contributed by atoms with Crippen LogP contribution in [0.25, 0.3) is 0 Å². The maximum Gasteiger partial charge on any atom is 0.216 e. The highest BCUT2D eigenvalue weighted by atomic mass is 16.5. The third-order valence-corrected chi connectivity index (χ3v) is 2.39. The van der Waals surface area contributed by atoms with Gasteiger partial charge in [-0.3, -0.25) is 4.99 Å². The Morgan fingerprint density at radius 2 is 2.07 bits per heavy atom. The Labute approximate surface area is 89.7 Å². The van der Waals surface area contributed by atoms with Gasteiger partial charge in [-0.05, 0) is 24.3 Å². The number of hydrogen-bond acceptors (Lipinski definition) is 3. The summed E-state index contributed by atoms with van der Waals surface area (Å²) in [7, 11) is 1.66. The molecule has 1 aliphatic rings.